The van der Waals surface area contributed by atoms with E-state index < -0.39 is 0 Å². The van der Waals surface area contributed by atoms with Crippen LogP contribution < -0.4 is 9.47 Å². The molecule has 0 radical (unpaired) electrons. The third kappa shape index (κ3) is 3.69. The van der Waals surface area contributed by atoms with Gasteiger partial charge in [0.1, 0.15) is 0 Å². The van der Waals surface area contributed by atoms with Crippen molar-refractivity contribution >= 4 is 18.0 Å². The summed E-state index contributed by atoms with van der Waals surface area (Å²) in [7, 11) is 0. The molecule has 6 heteroatoms. The number of rotatable bonds is 4. The molecule has 0 spiro atoms. The zero-order chi connectivity index (χ0) is 16.9. The van der Waals surface area contributed by atoms with E-state index in [0.29, 0.717) is 31.2 Å². The number of carbonyl (C=O) groups is 2. The van der Waals surface area contributed by atoms with Gasteiger partial charge in [-0.2, -0.15) is 0 Å². The average Bonchev–Trinajstić information content (AvgIpc) is 3.07. The van der Waals surface area contributed by atoms with E-state index in [2.05, 4.69) is 0 Å². The molecule has 0 N–H and O–H groups in total. The molecule has 2 aliphatic rings. The van der Waals surface area contributed by atoms with Gasteiger partial charge in [0.05, 0.1) is 12.5 Å². The molecule has 0 bridgehead atoms. The summed E-state index contributed by atoms with van der Waals surface area (Å²) in [5.41, 5.74) is 0.867. The molecule has 128 valence electrons. The van der Waals surface area contributed by atoms with Crippen LogP contribution in [0.25, 0.3) is 6.08 Å². The number of hydrogen-bond acceptors (Lipinski definition) is 5. The highest BCUT2D eigenvalue weighted by molar-refractivity contribution is 5.92. The second-order valence-electron chi connectivity index (χ2n) is 5.82. The van der Waals surface area contributed by atoms with Crippen LogP contribution in [0.4, 0.5) is 0 Å². The van der Waals surface area contributed by atoms with E-state index in [1.807, 2.05) is 18.2 Å². The lowest BCUT2D eigenvalue weighted by molar-refractivity contribution is -0.150. The summed E-state index contributed by atoms with van der Waals surface area (Å²) in [5, 5.41) is 0. The molecular weight excluding hydrogens is 310 g/mol. The van der Waals surface area contributed by atoms with E-state index in [9.17, 15) is 9.59 Å². The standard InChI is InChI=1S/C18H21NO5/c1-2-22-18(21)14-4-3-9-19(11-14)17(20)8-6-13-5-7-15-16(10-13)24-12-23-15/h5-8,10,14H,2-4,9,11-12H2,1H3/b8-6+. The molecule has 3 rings (SSSR count). The minimum absolute atomic E-state index is 0.0957. The van der Waals surface area contributed by atoms with Crippen molar-refractivity contribution in [2.45, 2.75) is 19.8 Å². The van der Waals surface area contributed by atoms with E-state index >= 15 is 0 Å². The minimum Gasteiger partial charge on any atom is -0.466 e. The number of esters is 1. The Hall–Kier alpha value is -2.50. The number of carbonyl (C=O) groups excluding carboxylic acids is 2. The summed E-state index contributed by atoms with van der Waals surface area (Å²) in [5.74, 6) is 0.870. The van der Waals surface area contributed by atoms with E-state index in [4.69, 9.17) is 14.2 Å². The maximum atomic E-state index is 12.4. The van der Waals surface area contributed by atoms with Crippen molar-refractivity contribution in [3.05, 3.63) is 29.8 Å². The van der Waals surface area contributed by atoms with Crippen LogP contribution in [0.1, 0.15) is 25.3 Å². The van der Waals surface area contributed by atoms with Gasteiger partial charge in [-0.25, -0.2) is 0 Å². The van der Waals surface area contributed by atoms with Crippen LogP contribution in [-0.2, 0) is 14.3 Å². The number of likely N-dealkylation sites (tertiary alicyclic amines) is 1. The summed E-state index contributed by atoms with van der Waals surface area (Å²) in [6.07, 6.45) is 4.87. The van der Waals surface area contributed by atoms with Gasteiger partial charge >= 0.3 is 5.97 Å². The maximum absolute atomic E-state index is 12.4. The molecule has 1 aromatic carbocycles. The number of benzene rings is 1. The lowest BCUT2D eigenvalue weighted by Crippen LogP contribution is -2.42. The van der Waals surface area contributed by atoms with Crippen molar-refractivity contribution in [3.63, 3.8) is 0 Å². The van der Waals surface area contributed by atoms with Gasteiger partial charge in [-0.1, -0.05) is 6.07 Å². The molecule has 24 heavy (non-hydrogen) atoms. The first kappa shape index (κ1) is 16.4. The first-order chi connectivity index (χ1) is 11.7. The monoisotopic (exact) mass is 331 g/mol. The smallest absolute Gasteiger partial charge is 0.310 e. The fourth-order valence-electron chi connectivity index (χ4n) is 2.92. The Balaban J connectivity index is 1.60. The summed E-state index contributed by atoms with van der Waals surface area (Å²) in [4.78, 5) is 25.9. The molecule has 1 unspecified atom stereocenters. The molecule has 1 saturated heterocycles. The molecule has 1 atom stereocenters. The Kier molecular flexibility index (Phi) is 5.03. The van der Waals surface area contributed by atoms with E-state index in [0.717, 1.165) is 18.4 Å². The topological polar surface area (TPSA) is 65.1 Å². The van der Waals surface area contributed by atoms with E-state index in [1.54, 1.807) is 17.9 Å². The van der Waals surface area contributed by atoms with Crippen LogP contribution in [-0.4, -0.2) is 43.3 Å². The Morgan fingerprint density at radius 1 is 1.33 bits per heavy atom. The fraction of sp³-hybridized carbons (Fsp3) is 0.444. The van der Waals surface area contributed by atoms with Crippen molar-refractivity contribution in [2.24, 2.45) is 5.92 Å². The molecule has 6 nitrogen and oxygen atoms in total. The molecule has 2 aliphatic heterocycles. The summed E-state index contributed by atoms with van der Waals surface area (Å²) in [6.45, 7) is 3.47. The Morgan fingerprint density at radius 3 is 3.00 bits per heavy atom. The van der Waals surface area contributed by atoms with Crippen molar-refractivity contribution in [2.75, 3.05) is 26.5 Å². The van der Waals surface area contributed by atoms with Gasteiger partial charge in [0.25, 0.3) is 0 Å². The highest BCUT2D eigenvalue weighted by atomic mass is 16.7. The Morgan fingerprint density at radius 2 is 2.17 bits per heavy atom. The molecule has 1 amide bonds. The quantitative estimate of drug-likeness (QED) is 0.625. The SMILES string of the molecule is CCOC(=O)C1CCCN(C(=O)/C=C/c2ccc3c(c2)OCO3)C1. The van der Waals surface area contributed by atoms with Crippen LogP contribution in [0.5, 0.6) is 11.5 Å². The third-order valence-corrected chi connectivity index (χ3v) is 4.17. The number of ether oxygens (including phenoxy) is 3. The van der Waals surface area contributed by atoms with Gasteiger partial charge in [-0.15, -0.1) is 0 Å². The average molecular weight is 331 g/mol. The van der Waals surface area contributed by atoms with E-state index in [-0.39, 0.29) is 24.6 Å². The van der Waals surface area contributed by atoms with Crippen molar-refractivity contribution in [1.82, 2.24) is 4.90 Å². The van der Waals surface area contributed by atoms with Gasteiger partial charge in [-0.3, -0.25) is 9.59 Å². The molecule has 0 saturated carbocycles. The highest BCUT2D eigenvalue weighted by Crippen LogP contribution is 2.32. The summed E-state index contributed by atoms with van der Waals surface area (Å²) < 4.78 is 15.6. The predicted molar refractivity (Wildman–Crippen MR) is 87.5 cm³/mol. The number of amides is 1. The molecule has 1 fully saturated rings. The summed E-state index contributed by atoms with van der Waals surface area (Å²) in [6, 6.07) is 5.53. The fourth-order valence-corrected chi connectivity index (χ4v) is 2.92. The first-order valence-electron chi connectivity index (χ1n) is 8.20. The Labute approximate surface area is 141 Å². The minimum atomic E-state index is -0.221. The van der Waals surface area contributed by atoms with Gasteiger partial charge in [-0.05, 0) is 43.5 Å². The number of nitrogens with zero attached hydrogens (tertiary/aromatic N) is 1. The van der Waals surface area contributed by atoms with E-state index in [1.165, 1.54) is 6.08 Å². The number of fused-ring (bicyclic) bond motifs is 1. The van der Waals surface area contributed by atoms with Crippen LogP contribution in [0, 0.1) is 5.92 Å². The maximum Gasteiger partial charge on any atom is 0.310 e. The zero-order valence-corrected chi connectivity index (χ0v) is 13.7. The van der Waals surface area contributed by atoms with Crippen molar-refractivity contribution in [1.29, 1.82) is 0 Å². The first-order valence-corrected chi connectivity index (χ1v) is 8.20. The van der Waals surface area contributed by atoms with Crippen molar-refractivity contribution in [3.8, 4) is 11.5 Å². The van der Waals surface area contributed by atoms with Crippen LogP contribution in [0.3, 0.4) is 0 Å². The normalized spacial score (nSPS) is 19.5. The largest absolute Gasteiger partial charge is 0.466 e. The van der Waals surface area contributed by atoms with Gasteiger partial charge < -0.3 is 19.1 Å². The second-order valence-corrected chi connectivity index (χ2v) is 5.82. The Bertz CT molecular complexity index is 655. The molecule has 2 heterocycles. The molecule has 1 aromatic rings. The predicted octanol–water partition coefficient (Wildman–Crippen LogP) is 2.23. The lowest BCUT2D eigenvalue weighted by Gasteiger charge is -2.30. The molecule has 0 aromatic heterocycles. The van der Waals surface area contributed by atoms with Crippen LogP contribution in [0.15, 0.2) is 24.3 Å². The summed E-state index contributed by atoms with van der Waals surface area (Å²) >= 11 is 0. The third-order valence-electron chi connectivity index (χ3n) is 4.17. The number of piperidine rings is 1. The molecule has 0 aliphatic carbocycles. The van der Waals surface area contributed by atoms with Gasteiger partial charge in [0.2, 0.25) is 12.7 Å². The second kappa shape index (κ2) is 7.38. The molecular formula is C18H21NO5. The lowest BCUT2D eigenvalue weighted by atomic mass is 9.98. The van der Waals surface area contributed by atoms with Gasteiger partial charge in [0.15, 0.2) is 11.5 Å². The highest BCUT2D eigenvalue weighted by Gasteiger charge is 2.28. The van der Waals surface area contributed by atoms with Crippen LogP contribution >= 0.6 is 0 Å². The van der Waals surface area contributed by atoms with Crippen LogP contribution in [0.2, 0.25) is 0 Å². The zero-order valence-electron chi connectivity index (χ0n) is 13.7. The van der Waals surface area contributed by atoms with Crippen molar-refractivity contribution < 1.29 is 23.8 Å². The number of hydrogen-bond donors (Lipinski definition) is 0. The van der Waals surface area contributed by atoms with Gasteiger partial charge in [0, 0.05) is 19.2 Å².